The van der Waals surface area contributed by atoms with E-state index in [2.05, 4.69) is 10.6 Å². The van der Waals surface area contributed by atoms with E-state index < -0.39 is 30.1 Å². The van der Waals surface area contributed by atoms with Crippen LogP contribution in [0.1, 0.15) is 68.2 Å². The maximum atomic E-state index is 12.5. The molecule has 0 aliphatic rings. The molecule has 28 heavy (non-hydrogen) atoms. The molecule has 0 aliphatic heterocycles. The van der Waals surface area contributed by atoms with Crippen LogP contribution in [-0.4, -0.2) is 43.3 Å². The second kappa shape index (κ2) is 13.4. The van der Waals surface area contributed by atoms with Crippen LogP contribution in [0.2, 0.25) is 0 Å². The molecule has 0 saturated carbocycles. The zero-order chi connectivity index (χ0) is 21.9. The van der Waals surface area contributed by atoms with Crippen molar-refractivity contribution in [3.8, 4) is 0 Å². The predicted molar refractivity (Wildman–Crippen MR) is 110 cm³/mol. The van der Waals surface area contributed by atoms with Crippen LogP contribution in [0.4, 0.5) is 4.79 Å². The minimum atomic E-state index is -0.759. The third kappa shape index (κ3) is 12.6. The monoisotopic (exact) mass is 400 g/mol. The fourth-order valence-electron chi connectivity index (χ4n) is 2.43. The van der Waals surface area contributed by atoms with Gasteiger partial charge in [-0.05, 0) is 36.5 Å². The van der Waals surface area contributed by atoms with Gasteiger partial charge in [0.25, 0.3) is 0 Å². The molecule has 0 aliphatic carbocycles. The Morgan fingerprint density at radius 1 is 0.607 bits per heavy atom. The van der Waals surface area contributed by atoms with Crippen LogP contribution in [0.15, 0.2) is 0 Å². The summed E-state index contributed by atoms with van der Waals surface area (Å²) in [6.45, 7) is 16.3. The SMILES string of the molecule is CC(C)COC(=O)[C@H](CC(C)C)NC(=O)N[C@@H](CC(C)C)C(=O)OCC(C)C. The molecule has 2 amide bonds. The van der Waals surface area contributed by atoms with Crippen LogP contribution in [-0.2, 0) is 19.1 Å². The Morgan fingerprint density at radius 2 is 0.929 bits per heavy atom. The standard InChI is InChI=1S/C21H40N2O5/c1-13(2)9-17(19(24)27-11-15(5)6)22-21(26)23-18(10-14(3)4)20(25)28-12-16(7)8/h13-18H,9-12H2,1-8H3,(H2,22,23,26)/t17-,18-/m0/s1. The quantitative estimate of drug-likeness (QED) is 0.489. The number of hydrogen-bond donors (Lipinski definition) is 2. The van der Waals surface area contributed by atoms with E-state index in [4.69, 9.17) is 9.47 Å². The zero-order valence-electron chi connectivity index (χ0n) is 18.8. The van der Waals surface area contributed by atoms with Gasteiger partial charge in [-0.1, -0.05) is 55.4 Å². The molecule has 7 heteroatoms. The van der Waals surface area contributed by atoms with E-state index >= 15 is 0 Å². The van der Waals surface area contributed by atoms with Gasteiger partial charge in [-0.15, -0.1) is 0 Å². The van der Waals surface area contributed by atoms with E-state index in [1.54, 1.807) is 0 Å². The smallest absolute Gasteiger partial charge is 0.328 e. The molecule has 0 aromatic carbocycles. The second-order valence-electron chi connectivity index (χ2n) is 9.03. The number of amides is 2. The molecule has 0 bridgehead atoms. The van der Waals surface area contributed by atoms with Crippen LogP contribution in [0.3, 0.4) is 0 Å². The van der Waals surface area contributed by atoms with Crippen molar-refractivity contribution < 1.29 is 23.9 Å². The third-order valence-electron chi connectivity index (χ3n) is 3.71. The second-order valence-corrected chi connectivity index (χ2v) is 9.03. The van der Waals surface area contributed by atoms with Crippen molar-refractivity contribution in [2.45, 2.75) is 80.3 Å². The van der Waals surface area contributed by atoms with Crippen molar-refractivity contribution in [1.82, 2.24) is 10.6 Å². The number of hydrogen-bond acceptors (Lipinski definition) is 5. The van der Waals surface area contributed by atoms with E-state index in [1.165, 1.54) is 0 Å². The summed E-state index contributed by atoms with van der Waals surface area (Å²) in [7, 11) is 0. The Hall–Kier alpha value is -1.79. The van der Waals surface area contributed by atoms with Gasteiger partial charge >= 0.3 is 18.0 Å². The van der Waals surface area contributed by atoms with Gasteiger partial charge in [-0.2, -0.15) is 0 Å². The lowest BCUT2D eigenvalue weighted by molar-refractivity contribution is -0.147. The molecule has 0 unspecified atom stereocenters. The molecule has 0 saturated heterocycles. The van der Waals surface area contributed by atoms with E-state index in [0.29, 0.717) is 26.1 Å². The van der Waals surface area contributed by atoms with Crippen molar-refractivity contribution in [1.29, 1.82) is 0 Å². The van der Waals surface area contributed by atoms with Gasteiger partial charge in [0.1, 0.15) is 12.1 Å². The van der Waals surface area contributed by atoms with Gasteiger partial charge in [0.2, 0.25) is 0 Å². The summed E-state index contributed by atoms with van der Waals surface area (Å²) >= 11 is 0. The fourth-order valence-corrected chi connectivity index (χ4v) is 2.43. The first-order valence-electron chi connectivity index (χ1n) is 10.3. The van der Waals surface area contributed by atoms with Crippen LogP contribution in [0.5, 0.6) is 0 Å². The third-order valence-corrected chi connectivity index (χ3v) is 3.71. The Labute approximate surface area is 170 Å². The Bertz CT molecular complexity index is 447. The molecular weight excluding hydrogens is 360 g/mol. The van der Waals surface area contributed by atoms with Crippen molar-refractivity contribution in [3.63, 3.8) is 0 Å². The molecule has 2 atom stereocenters. The summed E-state index contributed by atoms with van der Waals surface area (Å²) in [5.74, 6) is -0.105. The highest BCUT2D eigenvalue weighted by Gasteiger charge is 2.28. The van der Waals surface area contributed by atoms with Crippen LogP contribution >= 0.6 is 0 Å². The van der Waals surface area contributed by atoms with Crippen LogP contribution in [0.25, 0.3) is 0 Å². The summed E-state index contributed by atoms with van der Waals surface area (Å²) in [6, 6.07) is -2.09. The van der Waals surface area contributed by atoms with Crippen molar-refractivity contribution in [2.75, 3.05) is 13.2 Å². The van der Waals surface area contributed by atoms with E-state index in [-0.39, 0.29) is 23.7 Å². The summed E-state index contributed by atoms with van der Waals surface area (Å²) in [5, 5.41) is 5.33. The molecule has 2 N–H and O–H groups in total. The molecular formula is C21H40N2O5. The number of nitrogens with one attached hydrogen (secondary N) is 2. The maximum absolute atomic E-state index is 12.5. The van der Waals surface area contributed by atoms with Gasteiger partial charge in [-0.25, -0.2) is 14.4 Å². The Balaban J connectivity index is 4.97. The number of ether oxygens (including phenoxy) is 2. The maximum Gasteiger partial charge on any atom is 0.328 e. The summed E-state index contributed by atoms with van der Waals surface area (Å²) in [4.78, 5) is 37.1. The van der Waals surface area contributed by atoms with E-state index in [1.807, 2.05) is 55.4 Å². The van der Waals surface area contributed by atoms with Crippen molar-refractivity contribution >= 4 is 18.0 Å². The largest absolute Gasteiger partial charge is 0.464 e. The molecule has 0 fully saturated rings. The number of carbonyl (C=O) groups is 3. The number of rotatable bonds is 12. The molecule has 0 spiro atoms. The highest BCUT2D eigenvalue weighted by molar-refractivity contribution is 5.87. The number of esters is 2. The molecule has 0 radical (unpaired) electrons. The first-order chi connectivity index (χ1) is 12.9. The van der Waals surface area contributed by atoms with Gasteiger partial charge in [0.05, 0.1) is 13.2 Å². The van der Waals surface area contributed by atoms with Gasteiger partial charge < -0.3 is 20.1 Å². The zero-order valence-corrected chi connectivity index (χ0v) is 18.8. The summed E-state index contributed by atoms with van der Waals surface area (Å²) < 4.78 is 10.6. The van der Waals surface area contributed by atoms with Gasteiger partial charge in [0.15, 0.2) is 0 Å². The Kier molecular flexibility index (Phi) is 12.5. The minimum absolute atomic E-state index is 0.194. The highest BCUT2D eigenvalue weighted by Crippen LogP contribution is 2.10. The number of carbonyl (C=O) groups excluding carboxylic acids is 3. The highest BCUT2D eigenvalue weighted by atomic mass is 16.5. The minimum Gasteiger partial charge on any atom is -0.464 e. The predicted octanol–water partition coefficient (Wildman–Crippen LogP) is 3.51. The fraction of sp³-hybridized carbons (Fsp3) is 0.857. The van der Waals surface area contributed by atoms with E-state index in [0.717, 1.165) is 0 Å². The molecule has 0 aromatic rings. The average molecular weight is 401 g/mol. The lowest BCUT2D eigenvalue weighted by atomic mass is 10.0. The van der Waals surface area contributed by atoms with Gasteiger partial charge in [-0.3, -0.25) is 0 Å². The molecule has 7 nitrogen and oxygen atoms in total. The molecule has 0 rings (SSSR count). The topological polar surface area (TPSA) is 93.7 Å². The molecule has 0 heterocycles. The lowest BCUT2D eigenvalue weighted by Crippen LogP contribution is -2.52. The van der Waals surface area contributed by atoms with Crippen LogP contribution in [0, 0.1) is 23.7 Å². The summed E-state index contributed by atoms with van der Waals surface area (Å²) in [5.41, 5.74) is 0. The first-order valence-corrected chi connectivity index (χ1v) is 10.3. The normalized spacial score (nSPS) is 13.6. The number of urea groups is 1. The lowest BCUT2D eigenvalue weighted by Gasteiger charge is -2.23. The average Bonchev–Trinajstić information content (AvgIpc) is 2.55. The van der Waals surface area contributed by atoms with E-state index in [9.17, 15) is 14.4 Å². The first kappa shape index (κ1) is 26.2. The van der Waals surface area contributed by atoms with Crippen molar-refractivity contribution in [2.24, 2.45) is 23.7 Å². The Morgan fingerprint density at radius 3 is 1.18 bits per heavy atom. The molecule has 0 aromatic heterocycles. The van der Waals surface area contributed by atoms with Crippen molar-refractivity contribution in [3.05, 3.63) is 0 Å². The molecule has 164 valence electrons. The van der Waals surface area contributed by atoms with Gasteiger partial charge in [0, 0.05) is 0 Å². The summed E-state index contributed by atoms with van der Waals surface area (Å²) in [6.07, 6.45) is 0.911. The van der Waals surface area contributed by atoms with Crippen LogP contribution < -0.4 is 10.6 Å².